The topological polar surface area (TPSA) is 90.4 Å². The van der Waals surface area contributed by atoms with Gasteiger partial charge >= 0.3 is 0 Å². The second-order valence-corrected chi connectivity index (χ2v) is 12.2. The second kappa shape index (κ2) is 13.0. The van der Waals surface area contributed by atoms with E-state index in [1.807, 2.05) is 37.3 Å². The van der Waals surface area contributed by atoms with Crippen molar-refractivity contribution in [2.75, 3.05) is 31.1 Å². The first-order valence-electron chi connectivity index (χ1n) is 14.4. The number of para-hydroxylation sites is 1. The molecule has 0 radical (unpaired) electrons. The Morgan fingerprint density at radius 1 is 1.18 bits per heavy atom. The Hall–Kier alpha value is -2.49. The van der Waals surface area contributed by atoms with Crippen LogP contribution in [0.3, 0.4) is 0 Å². The lowest BCUT2D eigenvalue weighted by Gasteiger charge is -2.39. The molecule has 3 amide bonds. The van der Waals surface area contributed by atoms with Gasteiger partial charge in [-0.1, -0.05) is 73.0 Å². The molecule has 3 unspecified atom stereocenters. The van der Waals surface area contributed by atoms with Crippen molar-refractivity contribution in [3.05, 3.63) is 55.6 Å². The van der Waals surface area contributed by atoms with Gasteiger partial charge in [0, 0.05) is 30.1 Å². The van der Waals surface area contributed by atoms with Crippen LogP contribution in [0.5, 0.6) is 0 Å². The quantitative estimate of drug-likeness (QED) is 0.195. The summed E-state index contributed by atoms with van der Waals surface area (Å²) in [5.74, 6) is -2.34. The van der Waals surface area contributed by atoms with Gasteiger partial charge in [-0.3, -0.25) is 14.4 Å². The van der Waals surface area contributed by atoms with E-state index in [1.165, 1.54) is 0 Å². The Morgan fingerprint density at radius 3 is 2.48 bits per heavy atom. The number of ether oxygens (including phenoxy) is 1. The van der Waals surface area contributed by atoms with E-state index < -0.39 is 35.6 Å². The van der Waals surface area contributed by atoms with E-state index in [0.29, 0.717) is 31.6 Å². The molecule has 3 aliphatic heterocycles. The SMILES string of the molecule is C=CCN(CCCCC)C(=O)C1N([C@@H](CC)CO)C(=O)[C@@H]2[C@@H](C(=O)N(CC=C)c3ccccc3)[C@@H]3OC12CC3Br. The summed E-state index contributed by atoms with van der Waals surface area (Å²) in [7, 11) is 0. The van der Waals surface area contributed by atoms with Crippen molar-refractivity contribution < 1.29 is 24.2 Å². The Kier molecular flexibility index (Phi) is 9.90. The smallest absolute Gasteiger partial charge is 0.248 e. The van der Waals surface area contributed by atoms with Gasteiger partial charge < -0.3 is 24.5 Å². The van der Waals surface area contributed by atoms with Crippen LogP contribution >= 0.6 is 15.9 Å². The highest BCUT2D eigenvalue weighted by molar-refractivity contribution is 9.09. The van der Waals surface area contributed by atoms with Crippen LogP contribution < -0.4 is 4.90 Å². The van der Waals surface area contributed by atoms with E-state index in [2.05, 4.69) is 36.0 Å². The molecule has 3 saturated heterocycles. The highest BCUT2D eigenvalue weighted by atomic mass is 79.9. The molecule has 1 N–H and O–H groups in total. The van der Waals surface area contributed by atoms with Crippen LogP contribution in [0.4, 0.5) is 5.69 Å². The zero-order valence-electron chi connectivity index (χ0n) is 23.6. The van der Waals surface area contributed by atoms with Gasteiger partial charge in [0.2, 0.25) is 17.7 Å². The molecule has 3 aliphatic rings. The Morgan fingerprint density at radius 2 is 1.88 bits per heavy atom. The molecule has 2 bridgehead atoms. The summed E-state index contributed by atoms with van der Waals surface area (Å²) in [5, 5.41) is 10.3. The number of benzene rings is 1. The Bertz CT molecular complexity index is 1100. The minimum Gasteiger partial charge on any atom is -0.394 e. The first kappa shape index (κ1) is 30.5. The summed E-state index contributed by atoms with van der Waals surface area (Å²) in [6, 6.07) is 7.82. The Balaban J connectivity index is 1.78. The number of anilines is 1. The highest BCUT2D eigenvalue weighted by Crippen LogP contribution is 2.61. The van der Waals surface area contributed by atoms with E-state index in [4.69, 9.17) is 4.74 Å². The number of alkyl halides is 1. The standard InChI is InChI=1S/C31H42BrN3O5/c1-5-9-13-18-33(16-6-2)30(39)27-31-19-23(32)26(40-31)24(25(31)29(38)35(27)21(8-4)20-36)28(37)34(17-7-3)22-14-11-10-12-15-22/h6-7,10-12,14-15,21,23-27,36H,2-3,5,8-9,13,16-20H2,1,4H3/t21-,23?,24+,25-,26+,27?,31?/m0/s1. The number of carbonyl (C=O) groups excluding carboxylic acids is 3. The number of fused-ring (bicyclic) bond motifs is 1. The normalized spacial score (nSPS) is 29.2. The van der Waals surface area contributed by atoms with Gasteiger partial charge in [0.05, 0.1) is 30.6 Å². The molecule has 3 fully saturated rings. The predicted molar refractivity (Wildman–Crippen MR) is 159 cm³/mol. The first-order chi connectivity index (χ1) is 19.3. The van der Waals surface area contributed by atoms with Crippen molar-refractivity contribution in [3.63, 3.8) is 0 Å². The number of carbonyl (C=O) groups is 3. The van der Waals surface area contributed by atoms with Crippen molar-refractivity contribution >= 4 is 39.3 Å². The number of aliphatic hydroxyl groups excluding tert-OH is 1. The van der Waals surface area contributed by atoms with Gasteiger partial charge in [0.25, 0.3) is 0 Å². The predicted octanol–water partition coefficient (Wildman–Crippen LogP) is 3.93. The lowest BCUT2D eigenvalue weighted by Crippen LogP contribution is -2.59. The molecule has 3 heterocycles. The fourth-order valence-electron chi connectivity index (χ4n) is 6.85. The maximum Gasteiger partial charge on any atom is 0.248 e. The third-order valence-corrected chi connectivity index (χ3v) is 9.50. The molecule has 0 aromatic heterocycles. The number of halogens is 1. The monoisotopic (exact) mass is 615 g/mol. The molecule has 1 spiro atoms. The lowest BCUT2D eigenvalue weighted by molar-refractivity contribution is -0.151. The largest absolute Gasteiger partial charge is 0.394 e. The average Bonchev–Trinajstić information content (AvgIpc) is 3.55. The summed E-state index contributed by atoms with van der Waals surface area (Å²) in [5.41, 5.74) is -0.462. The molecule has 8 nitrogen and oxygen atoms in total. The molecule has 40 heavy (non-hydrogen) atoms. The van der Waals surface area contributed by atoms with Gasteiger partial charge in [-0.2, -0.15) is 0 Å². The van der Waals surface area contributed by atoms with Gasteiger partial charge in [-0.25, -0.2) is 0 Å². The summed E-state index contributed by atoms with van der Waals surface area (Å²) in [4.78, 5) is 47.8. The van der Waals surface area contributed by atoms with Crippen molar-refractivity contribution in [2.24, 2.45) is 11.8 Å². The van der Waals surface area contributed by atoms with Gasteiger partial charge in [-0.15, -0.1) is 13.2 Å². The van der Waals surface area contributed by atoms with E-state index in [1.54, 1.807) is 26.9 Å². The van der Waals surface area contributed by atoms with Gasteiger partial charge in [0.1, 0.15) is 11.6 Å². The van der Waals surface area contributed by atoms with E-state index in [0.717, 1.165) is 19.3 Å². The molecular formula is C31H42BrN3O5. The fraction of sp³-hybridized carbons (Fsp3) is 0.581. The fourth-order valence-corrected chi connectivity index (χ4v) is 7.79. The van der Waals surface area contributed by atoms with Crippen LogP contribution in [0.1, 0.15) is 46.0 Å². The first-order valence-corrected chi connectivity index (χ1v) is 15.3. The number of amides is 3. The van der Waals surface area contributed by atoms with E-state index in [-0.39, 0.29) is 35.7 Å². The van der Waals surface area contributed by atoms with Gasteiger partial charge in [-0.05, 0) is 31.4 Å². The number of hydrogen-bond acceptors (Lipinski definition) is 5. The number of rotatable bonds is 14. The molecule has 1 aromatic rings. The zero-order chi connectivity index (χ0) is 29.0. The van der Waals surface area contributed by atoms with Crippen LogP contribution in [-0.4, -0.2) is 87.5 Å². The van der Waals surface area contributed by atoms with Crippen LogP contribution in [0, 0.1) is 11.8 Å². The maximum atomic E-state index is 14.4. The van der Waals surface area contributed by atoms with Crippen LogP contribution in [0.15, 0.2) is 55.6 Å². The molecule has 0 aliphatic carbocycles. The van der Waals surface area contributed by atoms with Gasteiger partial charge in [0.15, 0.2) is 0 Å². The van der Waals surface area contributed by atoms with Crippen molar-refractivity contribution in [1.82, 2.24) is 9.80 Å². The molecule has 0 saturated carbocycles. The molecular weight excluding hydrogens is 574 g/mol. The minimum absolute atomic E-state index is 0.204. The number of unbranched alkanes of at least 4 members (excludes halogenated alkanes) is 2. The van der Waals surface area contributed by atoms with Crippen LogP contribution in [0.2, 0.25) is 0 Å². The van der Waals surface area contributed by atoms with Crippen LogP contribution in [-0.2, 0) is 19.1 Å². The maximum absolute atomic E-state index is 14.4. The summed E-state index contributed by atoms with van der Waals surface area (Å²) < 4.78 is 6.68. The third-order valence-electron chi connectivity index (χ3n) is 8.66. The average molecular weight is 617 g/mol. The molecule has 4 rings (SSSR count). The molecule has 1 aromatic carbocycles. The zero-order valence-corrected chi connectivity index (χ0v) is 25.2. The summed E-state index contributed by atoms with van der Waals surface area (Å²) in [6.07, 6.45) is 6.53. The van der Waals surface area contributed by atoms with Crippen molar-refractivity contribution in [2.45, 2.75) is 74.6 Å². The lowest BCUT2D eigenvalue weighted by atomic mass is 9.70. The van der Waals surface area contributed by atoms with E-state index in [9.17, 15) is 19.5 Å². The van der Waals surface area contributed by atoms with Crippen molar-refractivity contribution in [3.8, 4) is 0 Å². The second-order valence-electron chi connectivity index (χ2n) is 11.0. The highest BCUT2D eigenvalue weighted by Gasteiger charge is 2.77. The van der Waals surface area contributed by atoms with E-state index >= 15 is 0 Å². The summed E-state index contributed by atoms with van der Waals surface area (Å²) >= 11 is 3.75. The third kappa shape index (κ3) is 5.16. The number of aliphatic hydroxyl groups is 1. The molecule has 9 heteroatoms. The van der Waals surface area contributed by atoms with Crippen LogP contribution in [0.25, 0.3) is 0 Å². The number of likely N-dealkylation sites (tertiary alicyclic amines) is 1. The number of hydrogen-bond donors (Lipinski definition) is 1. The Labute approximate surface area is 246 Å². The summed E-state index contributed by atoms with van der Waals surface area (Å²) in [6.45, 7) is 12.6. The minimum atomic E-state index is -1.17. The number of nitrogens with zero attached hydrogens (tertiary/aromatic N) is 3. The molecule has 7 atom stereocenters. The van der Waals surface area contributed by atoms with Crippen molar-refractivity contribution in [1.29, 1.82) is 0 Å². The molecule has 218 valence electrons.